The molecule has 2 rings (SSSR count). The van der Waals surface area contributed by atoms with Gasteiger partial charge in [-0.2, -0.15) is 0 Å². The van der Waals surface area contributed by atoms with Crippen LogP contribution < -0.4 is 14.8 Å². The van der Waals surface area contributed by atoms with Gasteiger partial charge in [-0.3, -0.25) is 0 Å². The van der Waals surface area contributed by atoms with Gasteiger partial charge < -0.3 is 19.9 Å². The van der Waals surface area contributed by atoms with Crippen LogP contribution in [0.15, 0.2) is 24.3 Å². The third-order valence-electron chi connectivity index (χ3n) is 3.38. The number of sulfone groups is 1. The molecule has 1 aliphatic rings. The predicted molar refractivity (Wildman–Crippen MR) is 79.6 cm³/mol. The average molecular weight is 315 g/mol. The summed E-state index contributed by atoms with van der Waals surface area (Å²) in [6.45, 7) is 0.467. The van der Waals surface area contributed by atoms with Crippen LogP contribution in [0.5, 0.6) is 11.5 Å². The van der Waals surface area contributed by atoms with E-state index in [9.17, 15) is 13.5 Å². The first-order valence-corrected chi connectivity index (χ1v) is 8.69. The number of benzene rings is 1. The molecule has 7 heteroatoms. The molecule has 6 nitrogen and oxygen atoms in total. The lowest BCUT2D eigenvalue weighted by atomic mass is 10.2. The Hall–Kier alpha value is -1.31. The van der Waals surface area contributed by atoms with Gasteiger partial charge in [0, 0.05) is 12.6 Å². The van der Waals surface area contributed by atoms with E-state index in [0.29, 0.717) is 18.7 Å². The second-order valence-electron chi connectivity index (χ2n) is 5.15. The van der Waals surface area contributed by atoms with Crippen molar-refractivity contribution in [1.29, 1.82) is 0 Å². The summed E-state index contributed by atoms with van der Waals surface area (Å²) in [5, 5.41) is 12.9. The molecule has 2 N–H and O–H groups in total. The summed E-state index contributed by atoms with van der Waals surface area (Å²) >= 11 is 0. The van der Waals surface area contributed by atoms with Gasteiger partial charge in [0.2, 0.25) is 0 Å². The Bertz CT molecular complexity index is 543. The van der Waals surface area contributed by atoms with Gasteiger partial charge in [0.1, 0.15) is 24.2 Å². The van der Waals surface area contributed by atoms with Crippen molar-refractivity contribution >= 4 is 9.84 Å². The Kier molecular flexibility index (Phi) is 5.44. The minimum atomic E-state index is -2.89. The largest absolute Gasteiger partial charge is 0.497 e. The van der Waals surface area contributed by atoms with Crippen LogP contribution in [-0.2, 0) is 9.84 Å². The molecule has 21 heavy (non-hydrogen) atoms. The van der Waals surface area contributed by atoms with Gasteiger partial charge in [0.25, 0.3) is 0 Å². The molecule has 1 fully saturated rings. The quantitative estimate of drug-likeness (QED) is 0.748. The van der Waals surface area contributed by atoms with Gasteiger partial charge >= 0.3 is 0 Å². The van der Waals surface area contributed by atoms with E-state index >= 15 is 0 Å². The highest BCUT2D eigenvalue weighted by molar-refractivity contribution is 7.91. The molecule has 0 spiro atoms. The fourth-order valence-electron chi connectivity index (χ4n) is 2.18. The van der Waals surface area contributed by atoms with Crippen molar-refractivity contribution in [2.45, 2.75) is 18.6 Å². The van der Waals surface area contributed by atoms with Gasteiger partial charge in [-0.05, 0) is 30.7 Å². The summed E-state index contributed by atoms with van der Waals surface area (Å²) in [6, 6.07) is 7.03. The number of rotatable bonds is 7. The Labute approximate surface area is 125 Å². The second kappa shape index (κ2) is 7.11. The van der Waals surface area contributed by atoms with Gasteiger partial charge in [-0.1, -0.05) is 0 Å². The summed E-state index contributed by atoms with van der Waals surface area (Å²) < 4.78 is 33.1. The van der Waals surface area contributed by atoms with Crippen molar-refractivity contribution in [3.05, 3.63) is 24.3 Å². The first-order chi connectivity index (χ1) is 9.98. The Balaban J connectivity index is 1.68. The van der Waals surface area contributed by atoms with E-state index in [2.05, 4.69) is 5.32 Å². The zero-order valence-electron chi connectivity index (χ0n) is 12.0. The van der Waals surface area contributed by atoms with Gasteiger partial charge in [-0.15, -0.1) is 0 Å². The maximum absolute atomic E-state index is 11.3. The van der Waals surface area contributed by atoms with Crippen molar-refractivity contribution in [1.82, 2.24) is 5.32 Å². The van der Waals surface area contributed by atoms with Crippen molar-refractivity contribution in [3.8, 4) is 11.5 Å². The zero-order valence-corrected chi connectivity index (χ0v) is 12.8. The van der Waals surface area contributed by atoms with E-state index in [1.165, 1.54) is 0 Å². The second-order valence-corrected chi connectivity index (χ2v) is 7.38. The highest BCUT2D eigenvalue weighted by atomic mass is 32.2. The monoisotopic (exact) mass is 315 g/mol. The van der Waals surface area contributed by atoms with E-state index < -0.39 is 15.9 Å². The molecule has 0 aromatic heterocycles. The fraction of sp³-hybridized carbons (Fsp3) is 0.571. The van der Waals surface area contributed by atoms with E-state index in [-0.39, 0.29) is 24.2 Å². The number of nitrogens with one attached hydrogen (secondary N) is 1. The fourth-order valence-corrected chi connectivity index (χ4v) is 3.89. The van der Waals surface area contributed by atoms with Crippen LogP contribution in [-0.4, -0.2) is 57.4 Å². The van der Waals surface area contributed by atoms with Crippen molar-refractivity contribution in [3.63, 3.8) is 0 Å². The van der Waals surface area contributed by atoms with Crippen LogP contribution in [0, 0.1) is 0 Å². The molecule has 0 radical (unpaired) electrons. The standard InChI is InChI=1S/C14H21NO5S/c1-19-13-2-4-14(5-3-13)20-9-12(16)8-15-11-6-7-21(17,18)10-11/h2-5,11-12,15-16H,6-10H2,1H3. The molecular weight excluding hydrogens is 294 g/mol. The molecule has 2 atom stereocenters. The highest BCUT2D eigenvalue weighted by Crippen LogP contribution is 2.17. The first kappa shape index (κ1) is 16.1. The maximum Gasteiger partial charge on any atom is 0.151 e. The lowest BCUT2D eigenvalue weighted by Crippen LogP contribution is -2.38. The zero-order chi connectivity index (χ0) is 15.3. The highest BCUT2D eigenvalue weighted by Gasteiger charge is 2.27. The van der Waals surface area contributed by atoms with Crippen molar-refractivity contribution in [2.24, 2.45) is 0 Å². The van der Waals surface area contributed by atoms with Gasteiger partial charge in [0.15, 0.2) is 9.84 Å². The first-order valence-electron chi connectivity index (χ1n) is 6.87. The molecule has 1 saturated heterocycles. The summed E-state index contributed by atoms with van der Waals surface area (Å²) in [7, 11) is -1.30. The van der Waals surface area contributed by atoms with E-state index in [0.717, 1.165) is 5.75 Å². The normalized spacial score (nSPS) is 21.9. The number of hydrogen-bond donors (Lipinski definition) is 2. The molecule has 1 aromatic rings. The SMILES string of the molecule is COc1ccc(OCC(O)CNC2CCS(=O)(=O)C2)cc1. The molecule has 0 bridgehead atoms. The number of methoxy groups -OCH3 is 1. The lowest BCUT2D eigenvalue weighted by molar-refractivity contribution is 0.104. The molecule has 0 aliphatic carbocycles. The Morgan fingerprint density at radius 2 is 2.00 bits per heavy atom. The van der Waals surface area contributed by atoms with Crippen LogP contribution in [0.1, 0.15) is 6.42 Å². The van der Waals surface area contributed by atoms with Crippen LogP contribution >= 0.6 is 0 Å². The number of hydrogen-bond acceptors (Lipinski definition) is 6. The lowest BCUT2D eigenvalue weighted by Gasteiger charge is -2.16. The molecule has 1 aliphatic heterocycles. The van der Waals surface area contributed by atoms with E-state index in [1.807, 2.05) is 0 Å². The minimum absolute atomic E-state index is 0.0642. The third-order valence-corrected chi connectivity index (χ3v) is 5.14. The molecule has 1 heterocycles. The van der Waals surface area contributed by atoms with Crippen LogP contribution in [0.3, 0.4) is 0 Å². The van der Waals surface area contributed by atoms with Crippen LogP contribution in [0.25, 0.3) is 0 Å². The van der Waals surface area contributed by atoms with Crippen LogP contribution in [0.4, 0.5) is 0 Å². The van der Waals surface area contributed by atoms with E-state index in [4.69, 9.17) is 9.47 Å². The predicted octanol–water partition coefficient (Wildman–Crippen LogP) is 0.212. The summed E-state index contributed by atoms with van der Waals surface area (Å²) in [6.07, 6.45) is -0.0793. The Morgan fingerprint density at radius 3 is 2.57 bits per heavy atom. The minimum Gasteiger partial charge on any atom is -0.497 e. The van der Waals surface area contributed by atoms with Gasteiger partial charge in [-0.25, -0.2) is 8.42 Å². The number of aliphatic hydroxyl groups is 1. The van der Waals surface area contributed by atoms with Gasteiger partial charge in [0.05, 0.1) is 18.6 Å². The van der Waals surface area contributed by atoms with Crippen molar-refractivity contribution in [2.75, 3.05) is 31.8 Å². The molecule has 0 saturated carbocycles. The third kappa shape index (κ3) is 5.18. The molecule has 0 amide bonds. The summed E-state index contributed by atoms with van der Waals surface area (Å²) in [4.78, 5) is 0. The number of aliphatic hydroxyl groups excluding tert-OH is 1. The average Bonchev–Trinajstić information content (AvgIpc) is 2.83. The van der Waals surface area contributed by atoms with Crippen molar-refractivity contribution < 1.29 is 23.0 Å². The molecule has 2 unspecified atom stereocenters. The maximum atomic E-state index is 11.3. The van der Waals surface area contributed by atoms with E-state index in [1.54, 1.807) is 31.4 Å². The summed E-state index contributed by atoms with van der Waals surface area (Å²) in [5.41, 5.74) is 0. The Morgan fingerprint density at radius 1 is 1.33 bits per heavy atom. The molecule has 118 valence electrons. The summed E-state index contributed by atoms with van der Waals surface area (Å²) in [5.74, 6) is 1.77. The molecule has 1 aromatic carbocycles. The van der Waals surface area contributed by atoms with Crippen LogP contribution in [0.2, 0.25) is 0 Å². The molecular formula is C14H21NO5S. The number of ether oxygens (including phenoxy) is 2. The smallest absolute Gasteiger partial charge is 0.151 e. The topological polar surface area (TPSA) is 84.9 Å².